The number of aromatic nitrogens is 3. The maximum Gasteiger partial charge on any atom is 0.149 e. The molecule has 1 aromatic rings. The smallest absolute Gasteiger partial charge is 0.149 e. The predicted molar refractivity (Wildman–Crippen MR) is 54.8 cm³/mol. The number of hydrogen-bond donors (Lipinski definition) is 1. The van der Waals surface area contributed by atoms with Crippen LogP contribution in [0.5, 0.6) is 0 Å². The number of nitrogens with two attached hydrogens (primary N) is 1. The molecule has 1 aliphatic heterocycles. The Morgan fingerprint density at radius 2 is 2.21 bits per heavy atom. The predicted octanol–water partition coefficient (Wildman–Crippen LogP) is 1.41. The second kappa shape index (κ2) is 4.09. The van der Waals surface area contributed by atoms with Crippen molar-refractivity contribution in [1.29, 1.82) is 0 Å². The zero-order chi connectivity index (χ0) is 9.97. The van der Waals surface area contributed by atoms with E-state index in [2.05, 4.69) is 21.7 Å². The van der Waals surface area contributed by atoms with Gasteiger partial charge < -0.3 is 10.3 Å². The number of hydrogen-bond acceptors (Lipinski definition) is 3. The maximum absolute atomic E-state index is 5.99. The number of nitrogens with zero attached hydrogens (tertiary/aromatic N) is 3. The highest BCUT2D eigenvalue weighted by atomic mass is 15.3. The summed E-state index contributed by atoms with van der Waals surface area (Å²) in [6.07, 6.45) is 5.75. The van der Waals surface area contributed by atoms with Crippen molar-refractivity contribution in [3.8, 4) is 0 Å². The molecule has 2 N–H and O–H groups in total. The number of rotatable bonds is 2. The average molecular weight is 194 g/mol. The van der Waals surface area contributed by atoms with Crippen LogP contribution in [0.3, 0.4) is 0 Å². The lowest BCUT2D eigenvalue weighted by Crippen LogP contribution is -2.16. The van der Waals surface area contributed by atoms with E-state index in [1.165, 1.54) is 19.3 Å². The third-order valence-corrected chi connectivity index (χ3v) is 2.91. The zero-order valence-electron chi connectivity index (χ0n) is 8.74. The molecule has 2 rings (SSSR count). The molecule has 0 aromatic carbocycles. The van der Waals surface area contributed by atoms with Crippen molar-refractivity contribution in [3.05, 3.63) is 11.6 Å². The topological polar surface area (TPSA) is 56.7 Å². The highest BCUT2D eigenvalue weighted by Crippen LogP contribution is 2.18. The molecule has 1 aromatic heterocycles. The summed E-state index contributed by atoms with van der Waals surface area (Å²) in [5, 5.41) is 8.42. The Balaban J connectivity index is 2.29. The van der Waals surface area contributed by atoms with Gasteiger partial charge in [-0.2, -0.15) is 0 Å². The van der Waals surface area contributed by atoms with Gasteiger partial charge in [-0.1, -0.05) is 13.3 Å². The van der Waals surface area contributed by atoms with Crippen LogP contribution in [0.1, 0.15) is 50.3 Å². The second-order valence-corrected chi connectivity index (χ2v) is 3.95. The highest BCUT2D eigenvalue weighted by molar-refractivity contribution is 5.01. The van der Waals surface area contributed by atoms with Gasteiger partial charge in [0.15, 0.2) is 0 Å². The van der Waals surface area contributed by atoms with E-state index < -0.39 is 0 Å². The summed E-state index contributed by atoms with van der Waals surface area (Å²) in [6.45, 7) is 3.13. The quantitative estimate of drug-likeness (QED) is 0.774. The Morgan fingerprint density at radius 3 is 3.00 bits per heavy atom. The summed E-state index contributed by atoms with van der Waals surface area (Å²) in [4.78, 5) is 0. The van der Waals surface area contributed by atoms with Crippen molar-refractivity contribution in [2.75, 3.05) is 0 Å². The third-order valence-electron chi connectivity index (χ3n) is 2.91. The summed E-state index contributed by atoms with van der Waals surface area (Å²) >= 11 is 0. The Kier molecular flexibility index (Phi) is 2.82. The van der Waals surface area contributed by atoms with Crippen LogP contribution >= 0.6 is 0 Å². The number of fused-ring (bicyclic) bond motifs is 1. The normalized spacial score (nSPS) is 18.7. The van der Waals surface area contributed by atoms with Crippen LogP contribution < -0.4 is 5.73 Å². The summed E-state index contributed by atoms with van der Waals surface area (Å²) < 4.78 is 2.22. The lowest BCUT2D eigenvalue weighted by Gasteiger charge is -2.11. The molecule has 0 aliphatic carbocycles. The molecule has 4 nitrogen and oxygen atoms in total. The van der Waals surface area contributed by atoms with Crippen LogP contribution in [0.15, 0.2) is 0 Å². The largest absolute Gasteiger partial charge is 0.321 e. The van der Waals surface area contributed by atoms with Crippen molar-refractivity contribution in [2.24, 2.45) is 5.73 Å². The lowest BCUT2D eigenvalue weighted by atomic mass is 10.2. The molecule has 78 valence electrons. The van der Waals surface area contributed by atoms with Crippen molar-refractivity contribution in [3.63, 3.8) is 0 Å². The van der Waals surface area contributed by atoms with Gasteiger partial charge in [0.05, 0.1) is 6.04 Å². The zero-order valence-corrected chi connectivity index (χ0v) is 8.74. The minimum Gasteiger partial charge on any atom is -0.321 e. The van der Waals surface area contributed by atoms with Crippen molar-refractivity contribution in [1.82, 2.24) is 14.8 Å². The van der Waals surface area contributed by atoms with E-state index in [-0.39, 0.29) is 6.04 Å². The molecule has 0 bridgehead atoms. The molecule has 2 heterocycles. The fourth-order valence-electron chi connectivity index (χ4n) is 1.96. The Labute approximate surface area is 84.5 Å². The molecule has 0 unspecified atom stereocenters. The molecular formula is C10H18N4. The van der Waals surface area contributed by atoms with Crippen molar-refractivity contribution >= 4 is 0 Å². The monoisotopic (exact) mass is 194 g/mol. The minimum atomic E-state index is 0.0503. The highest BCUT2D eigenvalue weighted by Gasteiger charge is 2.17. The van der Waals surface area contributed by atoms with Crippen LogP contribution in [0.4, 0.5) is 0 Å². The summed E-state index contributed by atoms with van der Waals surface area (Å²) in [5.41, 5.74) is 5.99. The van der Waals surface area contributed by atoms with Crippen LogP contribution in [-0.4, -0.2) is 14.8 Å². The molecule has 0 spiro atoms. The number of aryl methyl sites for hydroxylation is 1. The molecule has 1 atom stereocenters. The molecule has 0 fully saturated rings. The van der Waals surface area contributed by atoms with Crippen LogP contribution in [-0.2, 0) is 13.0 Å². The van der Waals surface area contributed by atoms with E-state index in [4.69, 9.17) is 5.73 Å². The summed E-state index contributed by atoms with van der Waals surface area (Å²) in [5.74, 6) is 2.10. The molecule has 0 amide bonds. The van der Waals surface area contributed by atoms with Gasteiger partial charge in [-0.25, -0.2) is 0 Å². The van der Waals surface area contributed by atoms with E-state index in [9.17, 15) is 0 Å². The second-order valence-electron chi connectivity index (χ2n) is 3.95. The van der Waals surface area contributed by atoms with Gasteiger partial charge in [-0.05, 0) is 19.3 Å². The Bertz CT molecular complexity index is 305. The molecular weight excluding hydrogens is 176 g/mol. The molecule has 0 saturated carbocycles. The van der Waals surface area contributed by atoms with Gasteiger partial charge in [0.1, 0.15) is 11.6 Å². The third kappa shape index (κ3) is 1.66. The maximum atomic E-state index is 5.99. The molecule has 4 heteroatoms. The van der Waals surface area contributed by atoms with Crippen LogP contribution in [0.2, 0.25) is 0 Å². The first-order chi connectivity index (χ1) is 6.83. The van der Waals surface area contributed by atoms with Crippen LogP contribution in [0, 0.1) is 0 Å². The Hall–Kier alpha value is -0.900. The average Bonchev–Trinajstić information content (AvgIpc) is 2.46. The van der Waals surface area contributed by atoms with Gasteiger partial charge >= 0.3 is 0 Å². The molecule has 1 aliphatic rings. The fraction of sp³-hybridized carbons (Fsp3) is 0.800. The van der Waals surface area contributed by atoms with Gasteiger partial charge in [0.2, 0.25) is 0 Å². The standard InChI is InChI=1S/C10H18N4/c1-2-8(11)10-13-12-9-6-4-3-5-7-14(9)10/h8H,2-7,11H2,1H3/t8-/m1/s1. The van der Waals surface area contributed by atoms with Gasteiger partial charge in [-0.3, -0.25) is 0 Å². The van der Waals surface area contributed by atoms with Crippen molar-refractivity contribution in [2.45, 2.75) is 51.6 Å². The summed E-state index contributed by atoms with van der Waals surface area (Å²) in [6, 6.07) is 0.0503. The molecule has 14 heavy (non-hydrogen) atoms. The first-order valence-electron chi connectivity index (χ1n) is 5.50. The van der Waals surface area contributed by atoms with E-state index in [0.717, 1.165) is 31.0 Å². The van der Waals surface area contributed by atoms with E-state index in [0.29, 0.717) is 0 Å². The Morgan fingerprint density at radius 1 is 1.36 bits per heavy atom. The molecule has 0 saturated heterocycles. The van der Waals surface area contributed by atoms with Gasteiger partial charge in [-0.15, -0.1) is 10.2 Å². The van der Waals surface area contributed by atoms with Crippen LogP contribution in [0.25, 0.3) is 0 Å². The first-order valence-corrected chi connectivity index (χ1v) is 5.50. The first kappa shape index (κ1) is 9.65. The van der Waals surface area contributed by atoms with Crippen molar-refractivity contribution < 1.29 is 0 Å². The van der Waals surface area contributed by atoms with E-state index in [1.54, 1.807) is 0 Å². The van der Waals surface area contributed by atoms with E-state index >= 15 is 0 Å². The van der Waals surface area contributed by atoms with Gasteiger partial charge in [0.25, 0.3) is 0 Å². The summed E-state index contributed by atoms with van der Waals surface area (Å²) in [7, 11) is 0. The SMILES string of the molecule is CC[C@@H](N)c1nnc2n1CCCCC2. The fourth-order valence-corrected chi connectivity index (χ4v) is 1.96. The minimum absolute atomic E-state index is 0.0503. The lowest BCUT2D eigenvalue weighted by molar-refractivity contribution is 0.553. The molecule has 0 radical (unpaired) electrons. The van der Waals surface area contributed by atoms with E-state index in [1.807, 2.05) is 0 Å². The van der Waals surface area contributed by atoms with Gasteiger partial charge in [0, 0.05) is 13.0 Å².